The molecule has 0 saturated heterocycles. The molecule has 0 aliphatic rings. The van der Waals surface area contributed by atoms with E-state index in [0.717, 1.165) is 66.1 Å². The smallest absolute Gasteiger partial charge is 0.167 e. The van der Waals surface area contributed by atoms with Crippen LogP contribution in [0.1, 0.15) is 0 Å². The lowest BCUT2D eigenvalue weighted by molar-refractivity contribution is 0.669. The molecule has 0 unspecified atom stereocenters. The Morgan fingerprint density at radius 2 is 0.750 bits per heavy atom. The molecular formula is C48H28N6O2. The van der Waals surface area contributed by atoms with Crippen molar-refractivity contribution >= 4 is 43.9 Å². The minimum atomic E-state index is 0.495. The van der Waals surface area contributed by atoms with Crippen LogP contribution in [0.3, 0.4) is 0 Å². The first-order chi connectivity index (χ1) is 27.7. The van der Waals surface area contributed by atoms with Gasteiger partial charge < -0.3 is 8.83 Å². The molecule has 0 N–H and O–H groups in total. The Balaban J connectivity index is 1.11. The largest absolute Gasteiger partial charge is 0.456 e. The molecule has 7 aromatic carbocycles. The van der Waals surface area contributed by atoms with E-state index in [9.17, 15) is 0 Å². The molecule has 11 aromatic rings. The Hall–Kier alpha value is -7.84. The molecule has 0 amide bonds. The standard InChI is InChI=1S/C48H28N6O2/c1-4-14-29(15-5-1)43-49-44(30-16-6-2-7-17-30)52-47(51-43)35-22-13-25-40-41(35)34-21-12-23-36(42(34)56-40)48-53-45(31-18-8-3-9-19-31)50-46(54-48)32-26-27-39-37(28-32)33-20-10-11-24-38(33)55-39/h1-28H. The number of fused-ring (bicyclic) bond motifs is 6. The molecule has 0 spiro atoms. The van der Waals surface area contributed by atoms with Gasteiger partial charge in [-0.3, -0.25) is 0 Å². The van der Waals surface area contributed by atoms with Crippen molar-refractivity contribution in [1.82, 2.24) is 29.9 Å². The summed E-state index contributed by atoms with van der Waals surface area (Å²) in [6, 6.07) is 56.1. The van der Waals surface area contributed by atoms with Crippen LogP contribution in [0.5, 0.6) is 0 Å². The maximum absolute atomic E-state index is 6.73. The van der Waals surface area contributed by atoms with E-state index in [2.05, 4.69) is 18.2 Å². The van der Waals surface area contributed by atoms with Crippen LogP contribution in [-0.4, -0.2) is 29.9 Å². The van der Waals surface area contributed by atoms with Gasteiger partial charge in [0.25, 0.3) is 0 Å². The predicted octanol–water partition coefficient (Wildman–Crippen LogP) is 11.9. The fraction of sp³-hybridized carbons (Fsp3) is 0. The van der Waals surface area contributed by atoms with Crippen molar-refractivity contribution in [3.8, 4) is 68.3 Å². The van der Waals surface area contributed by atoms with Gasteiger partial charge in [-0.05, 0) is 36.4 Å². The molecule has 262 valence electrons. The summed E-state index contributed by atoms with van der Waals surface area (Å²) >= 11 is 0. The minimum Gasteiger partial charge on any atom is -0.456 e. The van der Waals surface area contributed by atoms with Gasteiger partial charge in [-0.1, -0.05) is 133 Å². The predicted molar refractivity (Wildman–Crippen MR) is 220 cm³/mol. The number of aromatic nitrogens is 6. The lowest BCUT2D eigenvalue weighted by Crippen LogP contribution is -2.00. The van der Waals surface area contributed by atoms with Crippen LogP contribution in [0.25, 0.3) is 112 Å². The van der Waals surface area contributed by atoms with Crippen LogP contribution in [-0.2, 0) is 0 Å². The van der Waals surface area contributed by atoms with Crippen molar-refractivity contribution < 1.29 is 8.83 Å². The Kier molecular flexibility index (Phi) is 7.31. The second kappa shape index (κ2) is 12.9. The summed E-state index contributed by atoms with van der Waals surface area (Å²) in [6.07, 6.45) is 0. The summed E-state index contributed by atoms with van der Waals surface area (Å²) in [5, 5.41) is 3.82. The van der Waals surface area contributed by atoms with E-state index < -0.39 is 0 Å². The molecule has 0 aliphatic carbocycles. The molecule has 0 radical (unpaired) electrons. The van der Waals surface area contributed by atoms with Crippen molar-refractivity contribution in [3.05, 3.63) is 170 Å². The van der Waals surface area contributed by atoms with Crippen LogP contribution in [0.2, 0.25) is 0 Å². The van der Waals surface area contributed by atoms with E-state index >= 15 is 0 Å². The molecule has 11 rings (SSSR count). The maximum Gasteiger partial charge on any atom is 0.167 e. The monoisotopic (exact) mass is 720 g/mol. The van der Waals surface area contributed by atoms with Gasteiger partial charge in [-0.25, -0.2) is 29.9 Å². The van der Waals surface area contributed by atoms with E-state index in [0.29, 0.717) is 46.1 Å². The van der Waals surface area contributed by atoms with E-state index in [4.69, 9.17) is 38.7 Å². The summed E-state index contributed by atoms with van der Waals surface area (Å²) < 4.78 is 12.9. The average Bonchev–Trinajstić information content (AvgIpc) is 3.85. The van der Waals surface area contributed by atoms with Gasteiger partial charge in [0, 0.05) is 49.4 Å². The maximum atomic E-state index is 6.73. The van der Waals surface area contributed by atoms with Gasteiger partial charge in [0.1, 0.15) is 22.3 Å². The van der Waals surface area contributed by atoms with Gasteiger partial charge in [-0.2, -0.15) is 0 Å². The summed E-state index contributed by atoms with van der Waals surface area (Å²) in [6.45, 7) is 0. The molecule has 8 nitrogen and oxygen atoms in total. The van der Waals surface area contributed by atoms with Crippen molar-refractivity contribution in [2.24, 2.45) is 0 Å². The third-order valence-corrected chi connectivity index (χ3v) is 10.0. The summed E-state index contributed by atoms with van der Waals surface area (Å²) in [7, 11) is 0. The van der Waals surface area contributed by atoms with E-state index in [-0.39, 0.29) is 0 Å². The highest BCUT2D eigenvalue weighted by Crippen LogP contribution is 2.40. The van der Waals surface area contributed by atoms with Crippen LogP contribution in [0.15, 0.2) is 179 Å². The minimum absolute atomic E-state index is 0.495. The third kappa shape index (κ3) is 5.39. The van der Waals surface area contributed by atoms with Crippen molar-refractivity contribution in [3.63, 3.8) is 0 Å². The summed E-state index contributed by atoms with van der Waals surface area (Å²) in [5.41, 5.74) is 8.10. The zero-order valence-corrected chi connectivity index (χ0v) is 29.7. The second-order valence-corrected chi connectivity index (χ2v) is 13.5. The number of benzene rings is 7. The van der Waals surface area contributed by atoms with E-state index in [1.165, 1.54) is 0 Å². The first kappa shape index (κ1) is 31.7. The summed E-state index contributed by atoms with van der Waals surface area (Å²) in [5.74, 6) is 3.33. The van der Waals surface area contributed by atoms with Gasteiger partial charge in [-0.15, -0.1) is 0 Å². The molecule has 0 fully saturated rings. The Morgan fingerprint density at radius 1 is 0.286 bits per heavy atom. The summed E-state index contributed by atoms with van der Waals surface area (Å²) in [4.78, 5) is 30.2. The van der Waals surface area contributed by atoms with Crippen LogP contribution in [0, 0.1) is 0 Å². The first-order valence-electron chi connectivity index (χ1n) is 18.3. The molecule has 4 aromatic heterocycles. The Labute approximate surface area is 319 Å². The van der Waals surface area contributed by atoms with Gasteiger partial charge in [0.15, 0.2) is 34.9 Å². The van der Waals surface area contributed by atoms with Crippen molar-refractivity contribution in [2.75, 3.05) is 0 Å². The highest BCUT2D eigenvalue weighted by Gasteiger charge is 2.22. The van der Waals surface area contributed by atoms with Crippen LogP contribution >= 0.6 is 0 Å². The molecule has 4 heterocycles. The highest BCUT2D eigenvalue weighted by atomic mass is 16.3. The Morgan fingerprint density at radius 3 is 1.39 bits per heavy atom. The SMILES string of the molecule is c1ccc(-c2nc(-c3ccc4oc5ccccc5c4c3)nc(-c3cccc4c3oc3cccc(-c5nc(-c6ccccc6)nc(-c6ccccc6)n5)c34)n2)cc1. The van der Waals surface area contributed by atoms with Crippen molar-refractivity contribution in [2.45, 2.75) is 0 Å². The van der Waals surface area contributed by atoms with Gasteiger partial charge in [0.2, 0.25) is 0 Å². The molecule has 0 bridgehead atoms. The van der Waals surface area contributed by atoms with Crippen LogP contribution in [0.4, 0.5) is 0 Å². The first-order valence-corrected chi connectivity index (χ1v) is 18.3. The van der Waals surface area contributed by atoms with Crippen LogP contribution < -0.4 is 0 Å². The van der Waals surface area contributed by atoms with E-state index in [1.54, 1.807) is 0 Å². The van der Waals surface area contributed by atoms with Gasteiger partial charge in [0.05, 0.1) is 5.56 Å². The average molecular weight is 721 g/mol. The Bertz CT molecular complexity index is 3190. The fourth-order valence-corrected chi connectivity index (χ4v) is 7.35. The molecule has 0 atom stereocenters. The van der Waals surface area contributed by atoms with Gasteiger partial charge >= 0.3 is 0 Å². The molecule has 0 saturated carbocycles. The normalized spacial score (nSPS) is 11.6. The number of para-hydroxylation sites is 2. The number of furan rings is 2. The number of hydrogen-bond donors (Lipinski definition) is 0. The molecule has 0 aliphatic heterocycles. The third-order valence-electron chi connectivity index (χ3n) is 10.0. The highest BCUT2D eigenvalue weighted by molar-refractivity contribution is 6.14. The second-order valence-electron chi connectivity index (χ2n) is 13.5. The molecule has 56 heavy (non-hydrogen) atoms. The lowest BCUT2D eigenvalue weighted by Gasteiger charge is -2.09. The fourth-order valence-electron chi connectivity index (χ4n) is 7.35. The molecule has 8 heteroatoms. The number of nitrogens with zero attached hydrogens (tertiary/aromatic N) is 6. The van der Waals surface area contributed by atoms with Crippen molar-refractivity contribution in [1.29, 1.82) is 0 Å². The topological polar surface area (TPSA) is 104 Å². The zero-order valence-electron chi connectivity index (χ0n) is 29.7. The lowest BCUT2D eigenvalue weighted by atomic mass is 10.0. The number of rotatable bonds is 6. The molecular weight excluding hydrogens is 693 g/mol. The zero-order chi connectivity index (χ0) is 37.0. The number of hydrogen-bond acceptors (Lipinski definition) is 8. The quantitative estimate of drug-likeness (QED) is 0.167. The van der Waals surface area contributed by atoms with E-state index in [1.807, 2.05) is 152 Å².